The topological polar surface area (TPSA) is 103 Å². The molecule has 1 aliphatic heterocycles. The molecule has 0 bridgehead atoms. The van der Waals surface area contributed by atoms with E-state index in [9.17, 15) is 22.8 Å². The van der Waals surface area contributed by atoms with Crippen molar-refractivity contribution in [2.24, 2.45) is 4.99 Å². The molecule has 14 heteroatoms. The SMILES string of the molecule is CCOC(=O)C1=C(C(F)(F)F)N=c2s/c(=C\c3cc(Br)c(OCc4ccc(C#N)cc4)c(OCC)c3)c(=O)n2[C@@H]1c1ccc(Cl)cc1. The Morgan fingerprint density at radius 3 is 2.43 bits per heavy atom. The Morgan fingerprint density at radius 2 is 1.81 bits per heavy atom. The molecule has 8 nitrogen and oxygen atoms in total. The van der Waals surface area contributed by atoms with Gasteiger partial charge < -0.3 is 14.2 Å². The van der Waals surface area contributed by atoms with E-state index >= 15 is 0 Å². The van der Waals surface area contributed by atoms with Crippen molar-refractivity contribution >= 4 is 50.9 Å². The summed E-state index contributed by atoms with van der Waals surface area (Å²) in [4.78, 5) is 30.5. The molecule has 4 aromatic rings. The van der Waals surface area contributed by atoms with Crippen molar-refractivity contribution in [3.63, 3.8) is 0 Å². The van der Waals surface area contributed by atoms with Crippen LogP contribution in [0.15, 0.2) is 86.2 Å². The fraction of sp³-hybridized carbons (Fsp3) is 0.212. The maximum absolute atomic E-state index is 14.4. The number of thiazole rings is 1. The third-order valence-corrected chi connectivity index (χ3v) is 8.70. The van der Waals surface area contributed by atoms with Crippen LogP contribution in [-0.4, -0.2) is 29.9 Å². The molecule has 0 saturated carbocycles. The summed E-state index contributed by atoms with van der Waals surface area (Å²) in [5, 5.41) is 9.35. The second kappa shape index (κ2) is 14.2. The first-order chi connectivity index (χ1) is 22.4. The van der Waals surface area contributed by atoms with Crippen molar-refractivity contribution in [1.82, 2.24) is 4.57 Å². The Bertz CT molecular complexity index is 2090. The molecule has 0 N–H and O–H groups in total. The van der Waals surface area contributed by atoms with E-state index in [1.54, 1.807) is 43.3 Å². The number of halogens is 5. The van der Waals surface area contributed by atoms with Gasteiger partial charge in [0.05, 0.1) is 45.5 Å². The predicted molar refractivity (Wildman–Crippen MR) is 173 cm³/mol. The number of esters is 1. The van der Waals surface area contributed by atoms with Crippen LogP contribution in [0.4, 0.5) is 13.2 Å². The highest BCUT2D eigenvalue weighted by atomic mass is 79.9. The average molecular weight is 747 g/mol. The van der Waals surface area contributed by atoms with Crippen LogP contribution in [0, 0.1) is 11.3 Å². The molecular formula is C33H24BrClF3N3O5S. The minimum absolute atomic E-state index is 0.0648. The number of alkyl halides is 3. The molecule has 2 heterocycles. The van der Waals surface area contributed by atoms with Gasteiger partial charge in [-0.15, -0.1) is 0 Å². The fourth-order valence-corrected chi connectivity index (χ4v) is 6.56. The summed E-state index contributed by atoms with van der Waals surface area (Å²) in [5.41, 5.74) is -0.858. The van der Waals surface area contributed by atoms with Crippen LogP contribution < -0.4 is 24.4 Å². The Morgan fingerprint density at radius 1 is 1.11 bits per heavy atom. The molecular weight excluding hydrogens is 723 g/mol. The summed E-state index contributed by atoms with van der Waals surface area (Å²) in [6, 6.07) is 16.6. The molecule has 1 aromatic heterocycles. The summed E-state index contributed by atoms with van der Waals surface area (Å²) in [6.07, 6.45) is -3.52. The summed E-state index contributed by atoms with van der Waals surface area (Å²) < 4.78 is 61.6. The zero-order valence-corrected chi connectivity index (χ0v) is 27.9. The molecule has 0 aliphatic carbocycles. The number of hydrogen-bond donors (Lipinski definition) is 0. The van der Waals surface area contributed by atoms with Crippen molar-refractivity contribution < 1.29 is 32.2 Å². The van der Waals surface area contributed by atoms with Gasteiger partial charge in [0.25, 0.3) is 5.56 Å². The van der Waals surface area contributed by atoms with Crippen LogP contribution >= 0.6 is 38.9 Å². The standard InChI is InChI=1S/C33H24BrClF3N3O5S/c1-3-44-24-14-20(13-23(34)28(24)46-17-19-7-5-18(16-39)6-8-19)15-25-30(42)41-27(21-9-11-22(35)12-10-21)26(31(43)45-4-2)29(33(36,37)38)40-32(41)47-25/h5-15,27H,3-4,17H2,1-2H3/b25-15-/t27-/m1/s1. The van der Waals surface area contributed by atoms with E-state index in [4.69, 9.17) is 31.1 Å². The third kappa shape index (κ3) is 7.30. The number of ether oxygens (including phenoxy) is 3. The van der Waals surface area contributed by atoms with Crippen LogP contribution in [0.5, 0.6) is 11.5 Å². The molecule has 5 rings (SSSR count). The van der Waals surface area contributed by atoms with Crippen LogP contribution in [0.25, 0.3) is 6.08 Å². The van der Waals surface area contributed by atoms with Gasteiger partial charge in [0, 0.05) is 5.02 Å². The molecule has 1 atom stereocenters. The lowest BCUT2D eigenvalue weighted by atomic mass is 9.95. The maximum atomic E-state index is 14.4. The van der Waals surface area contributed by atoms with Gasteiger partial charge in [-0.1, -0.05) is 47.2 Å². The van der Waals surface area contributed by atoms with Crippen LogP contribution in [0.2, 0.25) is 5.02 Å². The Labute approximate surface area is 283 Å². The van der Waals surface area contributed by atoms with E-state index in [1.807, 2.05) is 0 Å². The van der Waals surface area contributed by atoms with Gasteiger partial charge in [-0.3, -0.25) is 9.36 Å². The molecule has 0 saturated heterocycles. The Hall–Kier alpha value is -4.38. The molecule has 0 amide bonds. The van der Waals surface area contributed by atoms with Gasteiger partial charge >= 0.3 is 12.1 Å². The third-order valence-electron chi connectivity index (χ3n) is 6.88. The number of rotatable bonds is 9. The van der Waals surface area contributed by atoms with Crippen molar-refractivity contribution in [3.05, 3.63) is 123 Å². The first kappa shape index (κ1) is 34.0. The van der Waals surface area contributed by atoms with Gasteiger partial charge in [-0.05, 0) is 88.9 Å². The summed E-state index contributed by atoms with van der Waals surface area (Å²) in [6.45, 7) is 3.55. The first-order valence-electron chi connectivity index (χ1n) is 14.1. The molecule has 3 aromatic carbocycles. The summed E-state index contributed by atoms with van der Waals surface area (Å²) in [5.74, 6) is -0.483. The smallest absolute Gasteiger partial charge is 0.434 e. The van der Waals surface area contributed by atoms with Gasteiger partial charge in [0.2, 0.25) is 0 Å². The van der Waals surface area contributed by atoms with Crippen molar-refractivity contribution in [3.8, 4) is 17.6 Å². The predicted octanol–water partition coefficient (Wildman–Crippen LogP) is 6.61. The van der Waals surface area contributed by atoms with Crippen molar-refractivity contribution in [2.75, 3.05) is 13.2 Å². The number of nitriles is 1. The van der Waals surface area contributed by atoms with E-state index in [1.165, 1.54) is 37.3 Å². The highest BCUT2D eigenvalue weighted by Crippen LogP contribution is 2.39. The molecule has 0 fully saturated rings. The van der Waals surface area contributed by atoms with E-state index in [0.717, 1.165) is 21.5 Å². The number of nitrogens with zero attached hydrogens (tertiary/aromatic N) is 3. The minimum atomic E-state index is -5.02. The molecule has 1 aliphatic rings. The number of aromatic nitrogens is 1. The number of carbonyl (C=O) groups is 1. The number of carbonyl (C=O) groups excluding carboxylic acids is 1. The summed E-state index contributed by atoms with van der Waals surface area (Å²) >= 11 is 10.3. The normalized spacial score (nSPS) is 14.7. The highest BCUT2D eigenvalue weighted by molar-refractivity contribution is 9.10. The number of benzene rings is 3. The lowest BCUT2D eigenvalue weighted by molar-refractivity contribution is -0.140. The largest absolute Gasteiger partial charge is 0.490 e. The second-order valence-electron chi connectivity index (χ2n) is 9.98. The maximum Gasteiger partial charge on any atom is 0.434 e. The first-order valence-corrected chi connectivity index (χ1v) is 16.1. The van der Waals surface area contributed by atoms with Gasteiger partial charge in [0.15, 0.2) is 22.0 Å². The molecule has 0 spiro atoms. The number of hydrogen-bond acceptors (Lipinski definition) is 8. The lowest BCUT2D eigenvalue weighted by Crippen LogP contribution is -2.41. The zero-order valence-electron chi connectivity index (χ0n) is 24.7. The van der Waals surface area contributed by atoms with Crippen molar-refractivity contribution in [1.29, 1.82) is 5.26 Å². The molecule has 0 unspecified atom stereocenters. The second-order valence-corrected chi connectivity index (χ2v) is 12.3. The van der Waals surface area contributed by atoms with Crippen molar-refractivity contribution in [2.45, 2.75) is 32.7 Å². The van der Waals surface area contributed by atoms with E-state index in [-0.39, 0.29) is 28.1 Å². The van der Waals surface area contributed by atoms with Gasteiger partial charge in [0.1, 0.15) is 6.61 Å². The fourth-order valence-electron chi connectivity index (χ4n) is 4.86. The van der Waals surface area contributed by atoms with Gasteiger partial charge in [-0.2, -0.15) is 18.4 Å². The minimum Gasteiger partial charge on any atom is -0.490 e. The average Bonchev–Trinajstić information content (AvgIpc) is 3.34. The quantitative estimate of drug-likeness (QED) is 0.179. The van der Waals surface area contributed by atoms with E-state index < -0.39 is 35.0 Å². The van der Waals surface area contributed by atoms with Crippen LogP contribution in [0.3, 0.4) is 0 Å². The number of allylic oxidation sites excluding steroid dienone is 1. The molecule has 242 valence electrons. The van der Waals surface area contributed by atoms with Crippen LogP contribution in [-0.2, 0) is 16.1 Å². The Kier molecular flexibility index (Phi) is 10.2. The molecule has 0 radical (unpaired) electrons. The monoisotopic (exact) mass is 745 g/mol. The summed E-state index contributed by atoms with van der Waals surface area (Å²) in [7, 11) is 0. The molecule has 47 heavy (non-hydrogen) atoms. The Balaban J connectivity index is 1.63. The van der Waals surface area contributed by atoms with Gasteiger partial charge in [-0.25, -0.2) is 9.79 Å². The lowest BCUT2D eigenvalue weighted by Gasteiger charge is -2.26. The van der Waals surface area contributed by atoms with E-state index in [2.05, 4.69) is 27.0 Å². The zero-order chi connectivity index (χ0) is 33.9. The number of fused-ring (bicyclic) bond motifs is 1. The van der Waals surface area contributed by atoms with Crippen LogP contribution in [0.1, 0.15) is 42.1 Å². The highest BCUT2D eigenvalue weighted by Gasteiger charge is 2.45. The van der Waals surface area contributed by atoms with E-state index in [0.29, 0.717) is 38.7 Å².